The van der Waals surface area contributed by atoms with Gasteiger partial charge < -0.3 is 10.0 Å². The summed E-state index contributed by atoms with van der Waals surface area (Å²) in [5.74, 6) is -1.42. The summed E-state index contributed by atoms with van der Waals surface area (Å²) in [7, 11) is 1.47. The van der Waals surface area contributed by atoms with Crippen molar-refractivity contribution in [2.24, 2.45) is 0 Å². The van der Waals surface area contributed by atoms with E-state index >= 15 is 0 Å². The molecule has 0 radical (unpaired) electrons. The van der Waals surface area contributed by atoms with Gasteiger partial charge in [-0.05, 0) is 32.1 Å². The molecule has 0 aromatic heterocycles. The van der Waals surface area contributed by atoms with Gasteiger partial charge in [0.2, 0.25) is 5.91 Å². The summed E-state index contributed by atoms with van der Waals surface area (Å²) in [6, 6.07) is 0. The van der Waals surface area contributed by atoms with Crippen molar-refractivity contribution in [3.05, 3.63) is 12.2 Å². The van der Waals surface area contributed by atoms with Gasteiger partial charge in [-0.3, -0.25) is 20.3 Å². The number of carboxylic acid groups (broad SMARTS) is 1. The lowest BCUT2D eigenvalue weighted by atomic mass is 10.1. The van der Waals surface area contributed by atoms with Gasteiger partial charge in [0.1, 0.15) is 6.54 Å². The van der Waals surface area contributed by atoms with E-state index in [4.69, 9.17) is 10.5 Å². The highest BCUT2D eigenvalue weighted by atomic mass is 16.4. The molecule has 28 heavy (non-hydrogen) atoms. The molecule has 0 saturated heterocycles. The Bertz CT molecular complexity index is 464. The van der Waals surface area contributed by atoms with E-state index in [9.17, 15) is 9.59 Å². The van der Waals surface area contributed by atoms with Crippen molar-refractivity contribution in [3.8, 4) is 0 Å². The van der Waals surface area contributed by atoms with E-state index in [0.29, 0.717) is 6.42 Å². The van der Waals surface area contributed by atoms with Gasteiger partial charge in [0.25, 0.3) is 0 Å². The minimum absolute atomic E-state index is 0.167. The zero-order chi connectivity index (χ0) is 21.0. The third kappa shape index (κ3) is 17.6. The number of carboxylic acids is 1. The van der Waals surface area contributed by atoms with Crippen LogP contribution in [0.5, 0.6) is 0 Å². The van der Waals surface area contributed by atoms with Gasteiger partial charge in [0, 0.05) is 13.5 Å². The van der Waals surface area contributed by atoms with Crippen LogP contribution in [0.1, 0.15) is 96.8 Å². The number of allylic oxidation sites excluding steroid dienone is 2. The summed E-state index contributed by atoms with van der Waals surface area (Å²) < 4.78 is 0. The Hall–Kier alpha value is -1.85. The van der Waals surface area contributed by atoms with Gasteiger partial charge >= 0.3 is 5.97 Å². The van der Waals surface area contributed by atoms with Gasteiger partial charge in [-0.1, -0.05) is 70.4 Å². The van der Waals surface area contributed by atoms with Crippen LogP contribution in [-0.2, 0) is 9.59 Å². The number of rotatable bonds is 17. The van der Waals surface area contributed by atoms with Crippen molar-refractivity contribution in [2.75, 3.05) is 13.6 Å². The second kappa shape index (κ2) is 18.5. The fourth-order valence-electron chi connectivity index (χ4n) is 2.93. The molecule has 1 amide bonds. The van der Waals surface area contributed by atoms with Crippen LogP contribution in [0.2, 0.25) is 0 Å². The number of hydrogen-bond donors (Lipinski definition) is 3. The molecule has 162 valence electrons. The average Bonchev–Trinajstić information content (AvgIpc) is 2.64. The lowest BCUT2D eigenvalue weighted by Gasteiger charge is -2.17. The summed E-state index contributed by atoms with van der Waals surface area (Å²) in [6.45, 7) is 1.95. The van der Waals surface area contributed by atoms with Crippen LogP contribution in [0.25, 0.3) is 0 Å². The molecular weight excluding hydrogens is 354 g/mol. The number of carbonyl (C=O) groups is 2. The molecule has 0 spiro atoms. The standard InChI is InChI=1S/C22H41N3O3/c1-3-4-5-6-7-8-9-10-11-12-13-14-15-16-17-18-20(26)24-22(23)25(2)19-21(27)28/h10-11H,3-9,12-19H2,1-2H3,(H,27,28)(H2,23,24,26)/b11-10-. The van der Waals surface area contributed by atoms with Gasteiger partial charge in [0.05, 0.1) is 0 Å². The number of amides is 1. The highest BCUT2D eigenvalue weighted by Crippen LogP contribution is 2.10. The molecule has 0 saturated carbocycles. The molecule has 0 heterocycles. The summed E-state index contributed by atoms with van der Waals surface area (Å²) in [4.78, 5) is 23.5. The van der Waals surface area contributed by atoms with Crippen LogP contribution in [0.15, 0.2) is 12.2 Å². The Balaban J connectivity index is 3.45. The van der Waals surface area contributed by atoms with Gasteiger partial charge in [-0.15, -0.1) is 0 Å². The summed E-state index contributed by atoms with van der Waals surface area (Å²) in [6.07, 6.45) is 20.8. The highest BCUT2D eigenvalue weighted by Gasteiger charge is 2.11. The van der Waals surface area contributed by atoms with Crippen LogP contribution < -0.4 is 5.32 Å². The van der Waals surface area contributed by atoms with E-state index < -0.39 is 5.97 Å². The van der Waals surface area contributed by atoms with Crippen molar-refractivity contribution < 1.29 is 14.7 Å². The van der Waals surface area contributed by atoms with E-state index in [1.54, 1.807) is 0 Å². The van der Waals surface area contributed by atoms with Gasteiger partial charge in [-0.2, -0.15) is 0 Å². The first-order chi connectivity index (χ1) is 13.5. The van der Waals surface area contributed by atoms with E-state index in [1.165, 1.54) is 69.7 Å². The molecule has 0 unspecified atom stereocenters. The Morgan fingerprint density at radius 3 is 1.93 bits per heavy atom. The molecule has 0 aliphatic rings. The van der Waals surface area contributed by atoms with Crippen LogP contribution >= 0.6 is 0 Å². The third-order valence-electron chi connectivity index (χ3n) is 4.68. The van der Waals surface area contributed by atoms with E-state index in [0.717, 1.165) is 25.7 Å². The van der Waals surface area contributed by atoms with Crippen molar-refractivity contribution in [3.63, 3.8) is 0 Å². The minimum atomic E-state index is -1.03. The summed E-state index contributed by atoms with van der Waals surface area (Å²) >= 11 is 0. The molecule has 0 aliphatic heterocycles. The van der Waals surface area contributed by atoms with Crippen molar-refractivity contribution >= 4 is 17.8 Å². The first kappa shape index (κ1) is 26.1. The summed E-state index contributed by atoms with van der Waals surface area (Å²) in [5.41, 5.74) is 0. The zero-order valence-electron chi connectivity index (χ0n) is 18.0. The molecule has 0 atom stereocenters. The molecule has 0 bridgehead atoms. The highest BCUT2D eigenvalue weighted by molar-refractivity contribution is 5.96. The van der Waals surface area contributed by atoms with Crippen molar-refractivity contribution in [1.29, 1.82) is 5.41 Å². The number of carbonyl (C=O) groups excluding carboxylic acids is 1. The molecule has 0 rings (SSSR count). The largest absolute Gasteiger partial charge is 0.480 e. The fourth-order valence-corrected chi connectivity index (χ4v) is 2.93. The third-order valence-corrected chi connectivity index (χ3v) is 4.68. The van der Waals surface area contributed by atoms with Crippen LogP contribution in [0.4, 0.5) is 0 Å². The Morgan fingerprint density at radius 2 is 1.39 bits per heavy atom. The SMILES string of the molecule is CCCCCCCC/C=C\CCCCCCCC(=O)NC(=N)N(C)CC(=O)O. The Kier molecular flexibility index (Phi) is 17.3. The zero-order valence-corrected chi connectivity index (χ0v) is 18.0. The second-order valence-electron chi connectivity index (χ2n) is 7.48. The Morgan fingerprint density at radius 1 is 0.893 bits per heavy atom. The number of guanidine groups is 1. The number of aliphatic carboxylic acids is 1. The molecule has 0 aliphatic carbocycles. The normalized spacial score (nSPS) is 10.9. The first-order valence-electron chi connectivity index (χ1n) is 10.9. The van der Waals surface area contributed by atoms with E-state index in [1.807, 2.05) is 0 Å². The molecule has 3 N–H and O–H groups in total. The predicted octanol–water partition coefficient (Wildman–Crippen LogP) is 5.09. The van der Waals surface area contributed by atoms with E-state index in [2.05, 4.69) is 24.4 Å². The predicted molar refractivity (Wildman–Crippen MR) is 116 cm³/mol. The number of unbranched alkanes of at least 4 members (excludes halogenated alkanes) is 11. The van der Waals surface area contributed by atoms with Gasteiger partial charge in [-0.25, -0.2) is 0 Å². The van der Waals surface area contributed by atoms with Crippen molar-refractivity contribution in [2.45, 2.75) is 96.8 Å². The fraction of sp³-hybridized carbons (Fsp3) is 0.773. The second-order valence-corrected chi connectivity index (χ2v) is 7.48. The smallest absolute Gasteiger partial charge is 0.323 e. The molecular formula is C22H41N3O3. The molecule has 0 fully saturated rings. The summed E-state index contributed by atoms with van der Waals surface area (Å²) in [5, 5.41) is 18.7. The maximum absolute atomic E-state index is 11.7. The maximum Gasteiger partial charge on any atom is 0.323 e. The number of nitrogens with zero attached hydrogens (tertiary/aromatic N) is 1. The van der Waals surface area contributed by atoms with E-state index in [-0.39, 0.29) is 18.4 Å². The molecule has 0 aromatic carbocycles. The monoisotopic (exact) mass is 395 g/mol. The molecule has 0 aromatic rings. The maximum atomic E-state index is 11.7. The first-order valence-corrected chi connectivity index (χ1v) is 10.9. The quantitative estimate of drug-likeness (QED) is 0.138. The topological polar surface area (TPSA) is 93.5 Å². The average molecular weight is 396 g/mol. The van der Waals surface area contributed by atoms with Gasteiger partial charge in [0.15, 0.2) is 5.96 Å². The lowest BCUT2D eigenvalue weighted by molar-refractivity contribution is -0.137. The number of hydrogen-bond acceptors (Lipinski definition) is 3. The Labute approximate surface area is 171 Å². The number of nitrogens with one attached hydrogen (secondary N) is 2. The molecule has 6 nitrogen and oxygen atoms in total. The number of likely N-dealkylation sites (N-methyl/N-ethyl adjacent to an activating group) is 1. The van der Waals surface area contributed by atoms with Crippen LogP contribution in [0, 0.1) is 5.41 Å². The lowest BCUT2D eigenvalue weighted by Crippen LogP contribution is -2.43. The van der Waals surface area contributed by atoms with Crippen LogP contribution in [-0.4, -0.2) is 41.4 Å². The van der Waals surface area contributed by atoms with Crippen molar-refractivity contribution in [1.82, 2.24) is 10.2 Å². The van der Waals surface area contributed by atoms with Crippen LogP contribution in [0.3, 0.4) is 0 Å². The minimum Gasteiger partial charge on any atom is -0.480 e. The molecule has 6 heteroatoms.